The van der Waals surface area contributed by atoms with E-state index in [0.717, 1.165) is 0 Å². The molecule has 0 aromatic carbocycles. The summed E-state index contributed by atoms with van der Waals surface area (Å²) in [6, 6.07) is 0. The Balaban J connectivity index is 2.69. The first-order chi connectivity index (χ1) is 7.84. The molecule has 0 aliphatic rings. The summed E-state index contributed by atoms with van der Waals surface area (Å²) < 4.78 is 25.1. The monoisotopic (exact) mass is 260 g/mol. The van der Waals surface area contributed by atoms with Gasteiger partial charge in [0.2, 0.25) is 0 Å². The molecule has 1 aromatic rings. The van der Waals surface area contributed by atoms with Crippen molar-refractivity contribution in [3.63, 3.8) is 0 Å². The zero-order valence-corrected chi connectivity index (χ0v) is 10.6. The van der Waals surface area contributed by atoms with Crippen LogP contribution >= 0.6 is 0 Å². The van der Waals surface area contributed by atoms with Crippen LogP contribution in [0.5, 0.6) is 0 Å². The number of carboxylic acid groups (broad SMARTS) is 1. The van der Waals surface area contributed by atoms with Crippen molar-refractivity contribution < 1.29 is 18.3 Å². The minimum absolute atomic E-state index is 0.162. The van der Waals surface area contributed by atoms with Gasteiger partial charge in [0.25, 0.3) is 0 Å². The number of hydrogen-bond acceptors (Lipinski definition) is 4. The van der Waals surface area contributed by atoms with Gasteiger partial charge in [-0.1, -0.05) is 6.92 Å². The normalized spacial score (nSPS) is 13.5. The first-order valence-corrected chi connectivity index (χ1v) is 7.10. The molecule has 1 heterocycles. The van der Waals surface area contributed by atoms with E-state index >= 15 is 0 Å². The Morgan fingerprint density at radius 3 is 2.71 bits per heavy atom. The standard InChI is InChI=1S/C10H16N2O4S/c1-3-12-5-9(4-11-12)7-17(15,16)6-8(2)10(13)14/h4-5,8H,3,6-7H2,1-2H3,(H,13,14). The molecule has 0 aliphatic heterocycles. The smallest absolute Gasteiger partial charge is 0.307 e. The van der Waals surface area contributed by atoms with E-state index in [1.807, 2.05) is 6.92 Å². The Kier molecular flexibility index (Phi) is 4.28. The van der Waals surface area contributed by atoms with Crippen molar-refractivity contribution in [3.05, 3.63) is 18.0 Å². The van der Waals surface area contributed by atoms with Gasteiger partial charge in [0.1, 0.15) is 0 Å². The molecule has 0 spiro atoms. The summed E-state index contributed by atoms with van der Waals surface area (Å²) in [5.41, 5.74) is 0.587. The second kappa shape index (κ2) is 5.31. The molecule has 0 radical (unpaired) electrons. The molecule has 17 heavy (non-hydrogen) atoms. The van der Waals surface area contributed by atoms with Gasteiger partial charge in [-0.15, -0.1) is 0 Å². The number of sulfone groups is 1. The topological polar surface area (TPSA) is 89.3 Å². The summed E-state index contributed by atoms with van der Waals surface area (Å²) in [6.07, 6.45) is 3.15. The largest absolute Gasteiger partial charge is 0.481 e. The summed E-state index contributed by atoms with van der Waals surface area (Å²) >= 11 is 0. The van der Waals surface area contributed by atoms with Crippen LogP contribution in [0.1, 0.15) is 19.4 Å². The molecule has 0 fully saturated rings. The third-order valence-electron chi connectivity index (χ3n) is 2.32. The van der Waals surface area contributed by atoms with Crippen LogP contribution in [0, 0.1) is 5.92 Å². The first-order valence-electron chi connectivity index (χ1n) is 5.28. The van der Waals surface area contributed by atoms with E-state index in [-0.39, 0.29) is 11.5 Å². The number of carboxylic acids is 1. The van der Waals surface area contributed by atoms with Crippen molar-refractivity contribution in [3.8, 4) is 0 Å². The SMILES string of the molecule is CCn1cc(CS(=O)(=O)CC(C)C(=O)O)cn1. The van der Waals surface area contributed by atoms with Crippen molar-refractivity contribution in [1.82, 2.24) is 9.78 Å². The van der Waals surface area contributed by atoms with Crippen molar-refractivity contribution in [1.29, 1.82) is 0 Å². The van der Waals surface area contributed by atoms with E-state index in [1.165, 1.54) is 13.1 Å². The van der Waals surface area contributed by atoms with Gasteiger partial charge in [-0.25, -0.2) is 8.42 Å². The number of nitrogens with zero attached hydrogens (tertiary/aromatic N) is 2. The van der Waals surface area contributed by atoms with Crippen molar-refractivity contribution >= 4 is 15.8 Å². The Morgan fingerprint density at radius 2 is 2.24 bits per heavy atom. The van der Waals surface area contributed by atoms with E-state index in [1.54, 1.807) is 10.9 Å². The summed E-state index contributed by atoms with van der Waals surface area (Å²) in [7, 11) is -3.41. The van der Waals surface area contributed by atoms with E-state index in [0.29, 0.717) is 12.1 Å². The molecule has 1 aromatic heterocycles. The number of carbonyl (C=O) groups is 1. The Hall–Kier alpha value is -1.37. The lowest BCUT2D eigenvalue weighted by atomic mass is 10.2. The van der Waals surface area contributed by atoms with Crippen LogP contribution in [0.25, 0.3) is 0 Å². The van der Waals surface area contributed by atoms with Gasteiger partial charge in [0, 0.05) is 18.3 Å². The molecule has 0 saturated carbocycles. The second-order valence-corrected chi connectivity index (χ2v) is 6.11. The first kappa shape index (κ1) is 13.7. The zero-order valence-electron chi connectivity index (χ0n) is 9.83. The van der Waals surface area contributed by atoms with E-state index in [2.05, 4.69) is 5.10 Å². The lowest BCUT2D eigenvalue weighted by Crippen LogP contribution is -2.22. The summed E-state index contributed by atoms with van der Waals surface area (Å²) in [5.74, 6) is -2.50. The Labute approximate surface area is 100 Å². The van der Waals surface area contributed by atoms with Crippen LogP contribution in [0.3, 0.4) is 0 Å². The fraction of sp³-hybridized carbons (Fsp3) is 0.600. The molecular weight excluding hydrogens is 244 g/mol. The highest BCUT2D eigenvalue weighted by molar-refractivity contribution is 7.90. The van der Waals surface area contributed by atoms with Crippen LogP contribution in [-0.4, -0.2) is 35.0 Å². The molecule has 1 unspecified atom stereocenters. The molecule has 0 aliphatic carbocycles. The Morgan fingerprint density at radius 1 is 1.59 bits per heavy atom. The highest BCUT2D eigenvalue weighted by Gasteiger charge is 2.21. The predicted octanol–water partition coefficient (Wildman–Crippen LogP) is 0.538. The van der Waals surface area contributed by atoms with Gasteiger partial charge in [0.15, 0.2) is 9.84 Å². The van der Waals surface area contributed by atoms with Crippen LogP contribution in [0.2, 0.25) is 0 Å². The van der Waals surface area contributed by atoms with E-state index in [4.69, 9.17) is 5.11 Å². The summed E-state index contributed by atoms with van der Waals surface area (Å²) in [5, 5.41) is 12.6. The average Bonchev–Trinajstić information content (AvgIpc) is 2.63. The summed E-state index contributed by atoms with van der Waals surface area (Å²) in [4.78, 5) is 10.6. The molecule has 1 rings (SSSR count). The molecule has 0 bridgehead atoms. The van der Waals surface area contributed by atoms with Gasteiger partial charge in [0.05, 0.1) is 23.6 Å². The molecule has 6 nitrogen and oxygen atoms in total. The van der Waals surface area contributed by atoms with Gasteiger partial charge < -0.3 is 5.11 Å². The second-order valence-electron chi connectivity index (χ2n) is 4.00. The molecule has 0 saturated heterocycles. The highest BCUT2D eigenvalue weighted by Crippen LogP contribution is 2.09. The minimum atomic E-state index is -3.41. The van der Waals surface area contributed by atoms with E-state index < -0.39 is 21.7 Å². The van der Waals surface area contributed by atoms with Crippen molar-refractivity contribution in [2.75, 3.05) is 5.75 Å². The lowest BCUT2D eigenvalue weighted by Gasteiger charge is -2.06. The summed E-state index contributed by atoms with van der Waals surface area (Å²) in [6.45, 7) is 3.96. The zero-order chi connectivity index (χ0) is 13.1. The molecular formula is C10H16N2O4S. The maximum Gasteiger partial charge on any atom is 0.307 e. The van der Waals surface area contributed by atoms with Gasteiger partial charge in [-0.2, -0.15) is 5.10 Å². The van der Waals surface area contributed by atoms with Crippen LogP contribution < -0.4 is 0 Å². The minimum Gasteiger partial charge on any atom is -0.481 e. The fourth-order valence-electron chi connectivity index (χ4n) is 1.42. The van der Waals surface area contributed by atoms with Gasteiger partial charge in [-0.3, -0.25) is 9.48 Å². The van der Waals surface area contributed by atoms with Gasteiger partial charge >= 0.3 is 5.97 Å². The lowest BCUT2D eigenvalue weighted by molar-refractivity contribution is -0.140. The third-order valence-corrected chi connectivity index (χ3v) is 4.10. The van der Waals surface area contributed by atoms with Crippen LogP contribution in [0.4, 0.5) is 0 Å². The van der Waals surface area contributed by atoms with Crippen LogP contribution in [0.15, 0.2) is 12.4 Å². The maximum absolute atomic E-state index is 11.7. The maximum atomic E-state index is 11.7. The fourth-order valence-corrected chi connectivity index (χ4v) is 3.10. The number of rotatable bonds is 6. The molecule has 96 valence electrons. The van der Waals surface area contributed by atoms with Crippen LogP contribution in [-0.2, 0) is 26.9 Å². The average molecular weight is 260 g/mol. The van der Waals surface area contributed by atoms with Crippen molar-refractivity contribution in [2.45, 2.75) is 26.1 Å². The number of aliphatic carboxylic acids is 1. The molecule has 1 N–H and O–H groups in total. The predicted molar refractivity (Wildman–Crippen MR) is 62.2 cm³/mol. The van der Waals surface area contributed by atoms with E-state index in [9.17, 15) is 13.2 Å². The number of aromatic nitrogens is 2. The molecule has 0 amide bonds. The third kappa shape index (κ3) is 4.18. The van der Waals surface area contributed by atoms with Crippen molar-refractivity contribution in [2.24, 2.45) is 5.92 Å². The molecule has 1 atom stereocenters. The quantitative estimate of drug-likeness (QED) is 0.806. The highest BCUT2D eigenvalue weighted by atomic mass is 32.2. The number of aryl methyl sites for hydroxylation is 1. The Bertz CT molecular complexity index is 492. The van der Waals surface area contributed by atoms with Gasteiger partial charge in [-0.05, 0) is 6.92 Å². The number of hydrogen-bond donors (Lipinski definition) is 1. The molecule has 7 heteroatoms.